The van der Waals surface area contributed by atoms with Crippen molar-refractivity contribution >= 4 is 23.2 Å². The predicted octanol–water partition coefficient (Wildman–Crippen LogP) is 4.26. The van der Waals surface area contributed by atoms with Crippen LogP contribution >= 0.6 is 11.3 Å². The van der Waals surface area contributed by atoms with Crippen LogP contribution in [-0.4, -0.2) is 16.8 Å². The Hall–Kier alpha value is -3.20. The summed E-state index contributed by atoms with van der Waals surface area (Å²) in [5.74, 6) is -0.758. The van der Waals surface area contributed by atoms with Crippen LogP contribution in [0.2, 0.25) is 0 Å². The lowest BCUT2D eigenvalue weighted by molar-refractivity contribution is -0.138. The Morgan fingerprint density at radius 3 is 2.35 bits per heavy atom. The summed E-state index contributed by atoms with van der Waals surface area (Å²) >= 11 is 1.10. The number of hydrogen-bond donors (Lipinski definition) is 2. The highest BCUT2D eigenvalue weighted by atomic mass is 32.1. The summed E-state index contributed by atoms with van der Waals surface area (Å²) in [7, 11) is 0. The Bertz CT molecular complexity index is 1070. The number of nitrogens with zero attached hydrogens (tertiary/aromatic N) is 1. The number of thiazole rings is 1. The number of carbonyl (C=O) groups excluding carboxylic acids is 2. The third-order valence-electron chi connectivity index (χ3n) is 4.45. The lowest BCUT2D eigenvalue weighted by Gasteiger charge is -2.13. The molecule has 0 aliphatic heterocycles. The summed E-state index contributed by atoms with van der Waals surface area (Å²) in [6.45, 7) is 1.80. The zero-order valence-corrected chi connectivity index (χ0v) is 17.4. The summed E-state index contributed by atoms with van der Waals surface area (Å²) in [6.07, 6.45) is -4.61. The summed E-state index contributed by atoms with van der Waals surface area (Å²) in [6, 6.07) is 14.5. The SMILES string of the molecule is Cc1nc(CC(=O)NCc2ccccc2C(F)(F)F)sc1C(=O)NCc1ccccc1. The molecule has 5 nitrogen and oxygen atoms in total. The Morgan fingerprint density at radius 1 is 0.968 bits per heavy atom. The number of carbonyl (C=O) groups is 2. The molecule has 0 fully saturated rings. The average Bonchev–Trinajstić information content (AvgIpc) is 3.10. The highest BCUT2D eigenvalue weighted by molar-refractivity contribution is 7.13. The first-order valence-corrected chi connectivity index (χ1v) is 10.3. The number of hydrogen-bond acceptors (Lipinski definition) is 4. The number of aryl methyl sites for hydroxylation is 1. The van der Waals surface area contributed by atoms with Gasteiger partial charge in [-0.1, -0.05) is 48.5 Å². The first kappa shape index (κ1) is 22.5. The molecule has 162 valence electrons. The van der Waals surface area contributed by atoms with Crippen molar-refractivity contribution in [1.82, 2.24) is 15.6 Å². The Kier molecular flexibility index (Phi) is 7.06. The van der Waals surface area contributed by atoms with Crippen LogP contribution in [0.4, 0.5) is 13.2 Å². The van der Waals surface area contributed by atoms with Gasteiger partial charge in [0, 0.05) is 13.1 Å². The monoisotopic (exact) mass is 447 g/mol. The van der Waals surface area contributed by atoms with Gasteiger partial charge in [0.2, 0.25) is 5.91 Å². The fourth-order valence-corrected chi connectivity index (χ4v) is 3.92. The van der Waals surface area contributed by atoms with Gasteiger partial charge in [-0.25, -0.2) is 4.98 Å². The molecule has 0 atom stereocenters. The normalized spacial score (nSPS) is 11.2. The molecule has 0 aliphatic rings. The minimum absolute atomic E-state index is 0.0142. The van der Waals surface area contributed by atoms with Crippen LogP contribution in [0.5, 0.6) is 0 Å². The minimum Gasteiger partial charge on any atom is -0.352 e. The molecule has 2 N–H and O–H groups in total. The number of amides is 2. The lowest BCUT2D eigenvalue weighted by atomic mass is 10.1. The molecule has 31 heavy (non-hydrogen) atoms. The third-order valence-corrected chi connectivity index (χ3v) is 5.61. The van der Waals surface area contributed by atoms with E-state index in [1.54, 1.807) is 6.92 Å². The van der Waals surface area contributed by atoms with Crippen LogP contribution in [0.1, 0.15) is 37.1 Å². The van der Waals surface area contributed by atoms with E-state index in [1.807, 2.05) is 30.3 Å². The minimum atomic E-state index is -4.49. The zero-order chi connectivity index (χ0) is 22.4. The van der Waals surface area contributed by atoms with Crippen molar-refractivity contribution in [2.45, 2.75) is 32.6 Å². The molecule has 3 rings (SSSR count). The zero-order valence-electron chi connectivity index (χ0n) is 16.6. The topological polar surface area (TPSA) is 71.1 Å². The molecule has 0 aliphatic carbocycles. The van der Waals surface area contributed by atoms with Gasteiger partial charge in [-0.05, 0) is 24.1 Å². The van der Waals surface area contributed by atoms with E-state index in [0.717, 1.165) is 23.0 Å². The molecule has 1 aromatic heterocycles. The molecule has 2 amide bonds. The van der Waals surface area contributed by atoms with Crippen molar-refractivity contribution in [3.8, 4) is 0 Å². The van der Waals surface area contributed by atoms with Gasteiger partial charge in [-0.15, -0.1) is 11.3 Å². The number of halogens is 3. The number of rotatable bonds is 7. The fourth-order valence-electron chi connectivity index (χ4n) is 2.94. The second-order valence-corrected chi connectivity index (χ2v) is 7.88. The number of benzene rings is 2. The Morgan fingerprint density at radius 2 is 1.65 bits per heavy atom. The second kappa shape index (κ2) is 9.74. The molecular formula is C22H20F3N3O2S. The molecule has 0 unspecified atom stereocenters. The maximum absolute atomic E-state index is 13.1. The number of aromatic nitrogens is 1. The van der Waals surface area contributed by atoms with Crippen LogP contribution in [0, 0.1) is 6.92 Å². The van der Waals surface area contributed by atoms with Gasteiger partial charge < -0.3 is 10.6 Å². The van der Waals surface area contributed by atoms with Crippen molar-refractivity contribution in [2.75, 3.05) is 0 Å². The van der Waals surface area contributed by atoms with Gasteiger partial charge in [0.15, 0.2) is 0 Å². The predicted molar refractivity (Wildman–Crippen MR) is 111 cm³/mol. The van der Waals surface area contributed by atoms with Crippen molar-refractivity contribution in [2.24, 2.45) is 0 Å². The van der Waals surface area contributed by atoms with E-state index in [0.29, 0.717) is 22.1 Å². The molecule has 2 aromatic carbocycles. The largest absolute Gasteiger partial charge is 0.416 e. The van der Waals surface area contributed by atoms with Crippen LogP contribution in [0.25, 0.3) is 0 Å². The Labute approximate surface area is 181 Å². The van der Waals surface area contributed by atoms with E-state index in [-0.39, 0.29) is 24.4 Å². The first-order chi connectivity index (χ1) is 14.7. The van der Waals surface area contributed by atoms with E-state index in [1.165, 1.54) is 18.2 Å². The third kappa shape index (κ3) is 6.14. The van der Waals surface area contributed by atoms with Gasteiger partial charge >= 0.3 is 6.18 Å². The van der Waals surface area contributed by atoms with Gasteiger partial charge in [0.05, 0.1) is 17.7 Å². The van der Waals surface area contributed by atoms with E-state index in [9.17, 15) is 22.8 Å². The molecule has 1 heterocycles. The van der Waals surface area contributed by atoms with Crippen LogP contribution in [0.15, 0.2) is 54.6 Å². The van der Waals surface area contributed by atoms with E-state index < -0.39 is 17.6 Å². The van der Waals surface area contributed by atoms with E-state index in [4.69, 9.17) is 0 Å². The van der Waals surface area contributed by atoms with Gasteiger partial charge in [-0.3, -0.25) is 9.59 Å². The summed E-state index contributed by atoms with van der Waals surface area (Å²) in [5.41, 5.74) is 0.662. The maximum Gasteiger partial charge on any atom is 0.416 e. The standard InChI is InChI=1S/C22H20F3N3O2S/c1-14-20(21(30)27-12-15-7-3-2-4-8-15)31-19(28-14)11-18(29)26-13-16-9-5-6-10-17(16)22(23,24)25/h2-10H,11-13H2,1H3,(H,26,29)(H,27,30). The Balaban J connectivity index is 1.57. The lowest BCUT2D eigenvalue weighted by Crippen LogP contribution is -2.26. The summed E-state index contributed by atoms with van der Waals surface area (Å²) in [4.78, 5) is 29.3. The van der Waals surface area contributed by atoms with Crippen molar-refractivity contribution in [1.29, 1.82) is 0 Å². The molecule has 0 saturated carbocycles. The van der Waals surface area contributed by atoms with Gasteiger partial charge in [0.1, 0.15) is 9.88 Å². The molecule has 0 spiro atoms. The number of nitrogens with one attached hydrogen (secondary N) is 2. The van der Waals surface area contributed by atoms with Crippen molar-refractivity contribution < 1.29 is 22.8 Å². The van der Waals surface area contributed by atoms with Gasteiger partial charge in [0.25, 0.3) is 5.91 Å². The van der Waals surface area contributed by atoms with E-state index in [2.05, 4.69) is 15.6 Å². The molecule has 3 aromatic rings. The highest BCUT2D eigenvalue weighted by Gasteiger charge is 2.32. The summed E-state index contributed by atoms with van der Waals surface area (Å²) in [5, 5.41) is 5.73. The van der Waals surface area contributed by atoms with Crippen LogP contribution < -0.4 is 10.6 Å². The summed E-state index contributed by atoms with van der Waals surface area (Å²) < 4.78 is 39.2. The van der Waals surface area contributed by atoms with Crippen LogP contribution in [-0.2, 0) is 30.5 Å². The molecule has 0 saturated heterocycles. The van der Waals surface area contributed by atoms with Gasteiger partial charge in [-0.2, -0.15) is 13.2 Å². The first-order valence-electron chi connectivity index (χ1n) is 9.44. The fraction of sp³-hybridized carbons (Fsp3) is 0.227. The number of alkyl halides is 3. The van der Waals surface area contributed by atoms with Crippen LogP contribution in [0.3, 0.4) is 0 Å². The second-order valence-electron chi connectivity index (χ2n) is 6.80. The molecule has 9 heteroatoms. The maximum atomic E-state index is 13.1. The highest BCUT2D eigenvalue weighted by Crippen LogP contribution is 2.31. The quantitative estimate of drug-likeness (QED) is 0.569. The smallest absolute Gasteiger partial charge is 0.352 e. The van der Waals surface area contributed by atoms with E-state index >= 15 is 0 Å². The molecule has 0 bridgehead atoms. The van der Waals surface area contributed by atoms with Crippen molar-refractivity contribution in [3.63, 3.8) is 0 Å². The van der Waals surface area contributed by atoms with Crippen molar-refractivity contribution in [3.05, 3.63) is 86.9 Å². The molecule has 0 radical (unpaired) electrons. The molecular weight excluding hydrogens is 427 g/mol. The average molecular weight is 447 g/mol.